The van der Waals surface area contributed by atoms with Crippen LogP contribution < -0.4 is 5.32 Å². The summed E-state index contributed by atoms with van der Waals surface area (Å²) in [4.78, 5) is 23.1. The van der Waals surface area contributed by atoms with Crippen molar-refractivity contribution in [3.05, 3.63) is 35.0 Å². The smallest absolute Gasteiger partial charge is 0.306 e. The van der Waals surface area contributed by atoms with Gasteiger partial charge >= 0.3 is 5.97 Å². The normalized spacial score (nSPS) is 12.3. The Morgan fingerprint density at radius 1 is 1.43 bits per heavy atom. The van der Waals surface area contributed by atoms with Crippen LogP contribution in [0.2, 0.25) is 0 Å². The van der Waals surface area contributed by atoms with Crippen molar-refractivity contribution in [2.75, 3.05) is 6.54 Å². The fraction of sp³-hybridized carbons (Fsp3) is 0.333. The van der Waals surface area contributed by atoms with E-state index in [4.69, 9.17) is 5.11 Å². The van der Waals surface area contributed by atoms with Gasteiger partial charge in [-0.1, -0.05) is 13.0 Å². The molecule has 6 heteroatoms. The van der Waals surface area contributed by atoms with E-state index in [1.165, 1.54) is 17.4 Å². The molecule has 0 aliphatic carbocycles. The number of nitrogens with one attached hydrogen (secondary N) is 1. The first-order chi connectivity index (χ1) is 9.99. The third-order valence-corrected chi connectivity index (χ3v) is 4.35. The Balaban J connectivity index is 1.91. The molecule has 0 bridgehead atoms. The fourth-order valence-corrected chi connectivity index (χ4v) is 2.95. The first kappa shape index (κ1) is 15.4. The Kier molecular flexibility index (Phi) is 4.90. The van der Waals surface area contributed by atoms with Gasteiger partial charge in [0.1, 0.15) is 5.82 Å². The zero-order chi connectivity index (χ0) is 15.4. The molecule has 2 N–H and O–H groups in total. The number of carbonyl (C=O) groups excluding carboxylic acids is 1. The second-order valence-electron chi connectivity index (χ2n) is 4.90. The molecule has 2 rings (SSSR count). The van der Waals surface area contributed by atoms with Gasteiger partial charge in [-0.2, -0.15) is 0 Å². The molecule has 112 valence electrons. The van der Waals surface area contributed by atoms with Crippen LogP contribution in [0.4, 0.5) is 4.39 Å². The fourth-order valence-electron chi connectivity index (χ4n) is 1.96. The van der Waals surface area contributed by atoms with Gasteiger partial charge in [0.25, 0.3) is 5.91 Å². The molecule has 0 saturated carbocycles. The van der Waals surface area contributed by atoms with Crippen LogP contribution in [0, 0.1) is 11.7 Å². The standard InChI is InChI=1S/C15H16FNO3S/c1-9(15(19)20)4-3-7-17-14(18)13-8-10-11(16)5-2-6-12(10)21-13/h2,5-6,8-9H,3-4,7H2,1H3,(H,17,18)(H,19,20). The van der Waals surface area contributed by atoms with Crippen molar-refractivity contribution in [2.24, 2.45) is 5.92 Å². The molecule has 1 aromatic heterocycles. The highest BCUT2D eigenvalue weighted by Crippen LogP contribution is 2.27. The van der Waals surface area contributed by atoms with Crippen molar-refractivity contribution in [3.8, 4) is 0 Å². The van der Waals surface area contributed by atoms with Gasteiger partial charge in [-0.25, -0.2) is 4.39 Å². The van der Waals surface area contributed by atoms with Gasteiger partial charge in [0, 0.05) is 16.6 Å². The molecule has 0 radical (unpaired) electrons. The maximum Gasteiger partial charge on any atom is 0.306 e. The minimum atomic E-state index is -0.832. The number of hydrogen-bond donors (Lipinski definition) is 2. The molecule has 0 aliphatic heterocycles. The van der Waals surface area contributed by atoms with Gasteiger partial charge in [-0.15, -0.1) is 11.3 Å². The zero-order valence-electron chi connectivity index (χ0n) is 11.6. The van der Waals surface area contributed by atoms with Gasteiger partial charge in [0.2, 0.25) is 0 Å². The molecule has 1 aromatic carbocycles. The lowest BCUT2D eigenvalue weighted by Crippen LogP contribution is -2.24. The lowest BCUT2D eigenvalue weighted by Gasteiger charge is -2.06. The van der Waals surface area contributed by atoms with Crippen molar-refractivity contribution in [1.82, 2.24) is 5.32 Å². The number of carbonyl (C=O) groups is 2. The Morgan fingerprint density at radius 3 is 2.86 bits per heavy atom. The molecule has 2 aromatic rings. The third kappa shape index (κ3) is 3.78. The number of benzene rings is 1. The maximum atomic E-state index is 13.6. The lowest BCUT2D eigenvalue weighted by atomic mass is 10.1. The second-order valence-corrected chi connectivity index (χ2v) is 5.98. The molecule has 4 nitrogen and oxygen atoms in total. The summed E-state index contributed by atoms with van der Waals surface area (Å²) in [7, 11) is 0. The summed E-state index contributed by atoms with van der Waals surface area (Å²) >= 11 is 1.24. The maximum absolute atomic E-state index is 13.6. The Labute approximate surface area is 125 Å². The van der Waals surface area contributed by atoms with Crippen LogP contribution in [0.25, 0.3) is 10.1 Å². The van der Waals surface area contributed by atoms with Crippen LogP contribution in [0.15, 0.2) is 24.3 Å². The minimum Gasteiger partial charge on any atom is -0.481 e. The highest BCUT2D eigenvalue weighted by Gasteiger charge is 2.13. The van der Waals surface area contributed by atoms with Crippen LogP contribution in [0.1, 0.15) is 29.4 Å². The van der Waals surface area contributed by atoms with Crippen LogP contribution in [0.3, 0.4) is 0 Å². The molecule has 1 atom stereocenters. The summed E-state index contributed by atoms with van der Waals surface area (Å²) in [5, 5.41) is 11.9. The van der Waals surface area contributed by atoms with Gasteiger partial charge in [0.05, 0.1) is 10.8 Å². The molecular weight excluding hydrogens is 293 g/mol. The summed E-state index contributed by atoms with van der Waals surface area (Å²) in [6, 6.07) is 6.30. The Bertz CT molecular complexity index is 668. The van der Waals surface area contributed by atoms with Crippen LogP contribution in [-0.2, 0) is 4.79 Å². The number of thiophene rings is 1. The van der Waals surface area contributed by atoms with Crippen molar-refractivity contribution in [1.29, 1.82) is 0 Å². The van der Waals surface area contributed by atoms with E-state index in [-0.39, 0.29) is 11.7 Å². The molecule has 1 unspecified atom stereocenters. The van der Waals surface area contributed by atoms with Crippen molar-refractivity contribution >= 4 is 33.3 Å². The molecule has 0 saturated heterocycles. The summed E-state index contributed by atoms with van der Waals surface area (Å²) in [6.45, 7) is 2.05. The molecule has 0 fully saturated rings. The number of carboxylic acids is 1. The van der Waals surface area contributed by atoms with Gasteiger partial charge in [0.15, 0.2) is 0 Å². The first-order valence-corrected chi connectivity index (χ1v) is 7.49. The average molecular weight is 309 g/mol. The molecular formula is C15H16FNO3S. The molecule has 0 aliphatic rings. The summed E-state index contributed by atoms with van der Waals surface area (Å²) in [6.07, 6.45) is 1.11. The summed E-state index contributed by atoms with van der Waals surface area (Å²) in [5.41, 5.74) is 0. The van der Waals surface area contributed by atoms with Gasteiger partial charge in [-0.05, 0) is 31.0 Å². The topological polar surface area (TPSA) is 66.4 Å². The average Bonchev–Trinajstić information content (AvgIpc) is 2.88. The van der Waals surface area contributed by atoms with E-state index in [1.54, 1.807) is 25.1 Å². The van der Waals surface area contributed by atoms with E-state index in [0.717, 1.165) is 4.70 Å². The van der Waals surface area contributed by atoms with Crippen LogP contribution in [-0.4, -0.2) is 23.5 Å². The van der Waals surface area contributed by atoms with E-state index in [1.807, 2.05) is 0 Å². The van der Waals surface area contributed by atoms with E-state index in [9.17, 15) is 14.0 Å². The van der Waals surface area contributed by atoms with E-state index < -0.39 is 11.9 Å². The number of halogens is 1. The predicted molar refractivity (Wildman–Crippen MR) is 80.2 cm³/mol. The predicted octanol–water partition coefficient (Wildman–Crippen LogP) is 3.27. The Hall–Kier alpha value is -1.95. The highest BCUT2D eigenvalue weighted by molar-refractivity contribution is 7.20. The number of rotatable bonds is 6. The van der Waals surface area contributed by atoms with Crippen molar-refractivity contribution < 1.29 is 19.1 Å². The SMILES string of the molecule is CC(CCCNC(=O)c1cc2c(F)cccc2s1)C(=O)O. The number of amides is 1. The summed E-state index contributed by atoms with van der Waals surface area (Å²) < 4.78 is 14.3. The van der Waals surface area contributed by atoms with E-state index in [2.05, 4.69) is 5.32 Å². The first-order valence-electron chi connectivity index (χ1n) is 6.68. The van der Waals surface area contributed by atoms with E-state index in [0.29, 0.717) is 29.6 Å². The zero-order valence-corrected chi connectivity index (χ0v) is 12.4. The lowest BCUT2D eigenvalue weighted by molar-refractivity contribution is -0.141. The third-order valence-electron chi connectivity index (χ3n) is 3.25. The second kappa shape index (κ2) is 6.67. The van der Waals surface area contributed by atoms with Crippen molar-refractivity contribution in [3.63, 3.8) is 0 Å². The number of aliphatic carboxylic acids is 1. The largest absolute Gasteiger partial charge is 0.481 e. The molecule has 1 amide bonds. The number of carboxylic acid groups (broad SMARTS) is 1. The van der Waals surface area contributed by atoms with Crippen LogP contribution >= 0.6 is 11.3 Å². The molecule has 21 heavy (non-hydrogen) atoms. The molecule has 0 spiro atoms. The number of hydrogen-bond acceptors (Lipinski definition) is 3. The summed E-state index contributed by atoms with van der Waals surface area (Å²) in [5.74, 6) is -1.83. The number of fused-ring (bicyclic) bond motifs is 1. The molecule has 1 heterocycles. The van der Waals surface area contributed by atoms with Gasteiger partial charge < -0.3 is 10.4 Å². The van der Waals surface area contributed by atoms with Gasteiger partial charge in [-0.3, -0.25) is 9.59 Å². The monoisotopic (exact) mass is 309 g/mol. The minimum absolute atomic E-state index is 0.251. The Morgan fingerprint density at radius 2 is 2.19 bits per heavy atom. The quantitative estimate of drug-likeness (QED) is 0.805. The van der Waals surface area contributed by atoms with Crippen LogP contribution in [0.5, 0.6) is 0 Å². The van der Waals surface area contributed by atoms with Crippen molar-refractivity contribution in [2.45, 2.75) is 19.8 Å². The van der Waals surface area contributed by atoms with E-state index >= 15 is 0 Å². The highest BCUT2D eigenvalue weighted by atomic mass is 32.1.